The Balaban J connectivity index is 2.86. The zero-order chi connectivity index (χ0) is 11.6. The van der Waals surface area contributed by atoms with Gasteiger partial charge in [0.2, 0.25) is 0 Å². The Kier molecular flexibility index (Phi) is 3.60. The first-order chi connectivity index (χ1) is 6.88. The molecule has 0 saturated heterocycles. The number of nitrogens with zero attached hydrogens (tertiary/aromatic N) is 1. The number of rotatable bonds is 3. The predicted octanol–water partition coefficient (Wildman–Crippen LogP) is 3.04. The van der Waals surface area contributed by atoms with Gasteiger partial charge in [0.25, 0.3) is 5.91 Å². The number of hydrogen-bond donors (Lipinski definition) is 1. The van der Waals surface area contributed by atoms with E-state index in [1.807, 2.05) is 7.05 Å². The average Bonchev–Trinajstić information content (AvgIpc) is 2.62. The molecule has 1 N–H and O–H groups in total. The van der Waals surface area contributed by atoms with Crippen LogP contribution in [-0.2, 0) is 0 Å². The Hall–Kier alpha value is -0.770. The van der Waals surface area contributed by atoms with Crippen molar-refractivity contribution in [2.45, 2.75) is 32.7 Å². The number of aromatic nitrogens is 1. The predicted molar refractivity (Wildman–Crippen MR) is 65.0 cm³/mol. The molecule has 0 saturated carbocycles. The summed E-state index contributed by atoms with van der Waals surface area (Å²) in [6.45, 7) is 6.19. The molecule has 1 amide bonds. The van der Waals surface area contributed by atoms with Crippen LogP contribution in [0.5, 0.6) is 0 Å². The molecule has 0 aliphatic rings. The third-order valence-electron chi connectivity index (χ3n) is 2.96. The number of halogens is 1. The summed E-state index contributed by atoms with van der Waals surface area (Å²) in [7, 11) is 1.83. The molecule has 0 aliphatic carbocycles. The van der Waals surface area contributed by atoms with E-state index in [2.05, 4.69) is 41.7 Å². The van der Waals surface area contributed by atoms with Crippen molar-refractivity contribution in [1.29, 1.82) is 0 Å². The van der Waals surface area contributed by atoms with Gasteiger partial charge in [-0.3, -0.25) is 4.79 Å². The van der Waals surface area contributed by atoms with Crippen LogP contribution < -0.4 is 0 Å². The SMILES string of the molecule is CCC(C)(C)N(C)C(=O)c1cc(Br)c[nH]1. The summed E-state index contributed by atoms with van der Waals surface area (Å²) in [5.74, 6) is 0.0209. The zero-order valence-electron chi connectivity index (χ0n) is 9.60. The maximum absolute atomic E-state index is 12.0. The highest BCUT2D eigenvalue weighted by molar-refractivity contribution is 9.10. The van der Waals surface area contributed by atoms with E-state index < -0.39 is 0 Å². The molecule has 3 nitrogen and oxygen atoms in total. The van der Waals surface area contributed by atoms with Crippen LogP contribution >= 0.6 is 15.9 Å². The van der Waals surface area contributed by atoms with Crippen LogP contribution in [0.2, 0.25) is 0 Å². The first kappa shape index (κ1) is 12.3. The summed E-state index contributed by atoms with van der Waals surface area (Å²) in [4.78, 5) is 16.8. The second kappa shape index (κ2) is 4.39. The molecular formula is C11H17BrN2O. The van der Waals surface area contributed by atoms with Crippen LogP contribution in [0.4, 0.5) is 0 Å². The van der Waals surface area contributed by atoms with E-state index in [4.69, 9.17) is 0 Å². The van der Waals surface area contributed by atoms with Gasteiger partial charge < -0.3 is 9.88 Å². The minimum absolute atomic E-state index is 0.0209. The first-order valence-electron chi connectivity index (χ1n) is 5.00. The summed E-state index contributed by atoms with van der Waals surface area (Å²) in [5.41, 5.74) is 0.500. The molecule has 0 unspecified atom stereocenters. The molecule has 0 aromatic carbocycles. The fraction of sp³-hybridized carbons (Fsp3) is 0.545. The number of amides is 1. The van der Waals surface area contributed by atoms with Gasteiger partial charge in [-0.05, 0) is 42.3 Å². The van der Waals surface area contributed by atoms with Crippen molar-refractivity contribution < 1.29 is 4.79 Å². The topological polar surface area (TPSA) is 36.1 Å². The van der Waals surface area contributed by atoms with Crippen molar-refractivity contribution in [3.63, 3.8) is 0 Å². The van der Waals surface area contributed by atoms with Gasteiger partial charge in [-0.15, -0.1) is 0 Å². The summed E-state index contributed by atoms with van der Waals surface area (Å²) in [6, 6.07) is 1.80. The Bertz CT molecular complexity index is 357. The molecule has 0 atom stereocenters. The van der Waals surface area contributed by atoms with E-state index in [0.29, 0.717) is 5.69 Å². The Morgan fingerprint density at radius 3 is 2.60 bits per heavy atom. The van der Waals surface area contributed by atoms with Gasteiger partial charge in [-0.2, -0.15) is 0 Å². The van der Waals surface area contributed by atoms with E-state index in [0.717, 1.165) is 10.9 Å². The molecular weight excluding hydrogens is 256 g/mol. The highest BCUT2D eigenvalue weighted by Gasteiger charge is 2.26. The van der Waals surface area contributed by atoms with E-state index in [1.54, 1.807) is 17.2 Å². The molecule has 84 valence electrons. The summed E-state index contributed by atoms with van der Waals surface area (Å²) >= 11 is 3.32. The van der Waals surface area contributed by atoms with Gasteiger partial charge in [-0.25, -0.2) is 0 Å². The van der Waals surface area contributed by atoms with Crippen LogP contribution in [0, 0.1) is 0 Å². The molecule has 1 rings (SSSR count). The van der Waals surface area contributed by atoms with Crippen molar-refractivity contribution in [2.75, 3.05) is 7.05 Å². The van der Waals surface area contributed by atoms with E-state index in [-0.39, 0.29) is 11.4 Å². The highest BCUT2D eigenvalue weighted by Crippen LogP contribution is 2.20. The van der Waals surface area contributed by atoms with Crippen molar-refractivity contribution in [3.8, 4) is 0 Å². The van der Waals surface area contributed by atoms with Crippen molar-refractivity contribution in [3.05, 3.63) is 22.4 Å². The molecule has 0 spiro atoms. The number of carbonyl (C=O) groups excluding carboxylic acids is 1. The van der Waals surface area contributed by atoms with Crippen LogP contribution in [-0.4, -0.2) is 28.4 Å². The maximum Gasteiger partial charge on any atom is 0.270 e. The summed E-state index contributed by atoms with van der Waals surface area (Å²) in [6.07, 6.45) is 2.69. The largest absolute Gasteiger partial charge is 0.356 e. The van der Waals surface area contributed by atoms with Crippen molar-refractivity contribution >= 4 is 21.8 Å². The Morgan fingerprint density at radius 1 is 1.60 bits per heavy atom. The lowest BCUT2D eigenvalue weighted by Crippen LogP contribution is -2.44. The van der Waals surface area contributed by atoms with E-state index in [9.17, 15) is 4.79 Å². The lowest BCUT2D eigenvalue weighted by molar-refractivity contribution is 0.0615. The number of carbonyl (C=O) groups is 1. The number of aromatic amines is 1. The van der Waals surface area contributed by atoms with Crippen molar-refractivity contribution in [2.24, 2.45) is 0 Å². The van der Waals surface area contributed by atoms with Gasteiger partial charge >= 0.3 is 0 Å². The average molecular weight is 273 g/mol. The molecule has 4 heteroatoms. The van der Waals surface area contributed by atoms with Gasteiger partial charge in [0.15, 0.2) is 0 Å². The van der Waals surface area contributed by atoms with Gasteiger partial charge in [0.1, 0.15) is 5.69 Å². The molecule has 0 bridgehead atoms. The summed E-state index contributed by atoms with van der Waals surface area (Å²) in [5, 5.41) is 0. The monoisotopic (exact) mass is 272 g/mol. The normalized spacial score (nSPS) is 11.5. The second-order valence-electron chi connectivity index (χ2n) is 4.26. The van der Waals surface area contributed by atoms with E-state index >= 15 is 0 Å². The van der Waals surface area contributed by atoms with Gasteiger partial charge in [0, 0.05) is 23.3 Å². The highest BCUT2D eigenvalue weighted by atomic mass is 79.9. The lowest BCUT2D eigenvalue weighted by Gasteiger charge is -2.34. The second-order valence-corrected chi connectivity index (χ2v) is 5.18. The quantitative estimate of drug-likeness (QED) is 0.902. The minimum atomic E-state index is -0.116. The van der Waals surface area contributed by atoms with Gasteiger partial charge in [0.05, 0.1) is 0 Å². The summed E-state index contributed by atoms with van der Waals surface area (Å²) < 4.78 is 0.897. The Morgan fingerprint density at radius 2 is 2.20 bits per heavy atom. The molecule has 15 heavy (non-hydrogen) atoms. The molecule has 0 fully saturated rings. The lowest BCUT2D eigenvalue weighted by atomic mass is 10.00. The number of nitrogens with one attached hydrogen (secondary N) is 1. The van der Waals surface area contributed by atoms with E-state index in [1.165, 1.54) is 0 Å². The molecule has 1 aromatic rings. The third kappa shape index (κ3) is 2.62. The van der Waals surface area contributed by atoms with Crippen LogP contribution in [0.1, 0.15) is 37.7 Å². The van der Waals surface area contributed by atoms with Crippen molar-refractivity contribution in [1.82, 2.24) is 9.88 Å². The van der Waals surface area contributed by atoms with Crippen LogP contribution in [0.25, 0.3) is 0 Å². The first-order valence-corrected chi connectivity index (χ1v) is 5.80. The maximum atomic E-state index is 12.0. The minimum Gasteiger partial charge on any atom is -0.356 e. The molecule has 1 heterocycles. The molecule has 0 aliphatic heterocycles. The zero-order valence-corrected chi connectivity index (χ0v) is 11.2. The Labute approximate surface area is 99.0 Å². The fourth-order valence-electron chi connectivity index (χ4n) is 1.18. The molecule has 0 radical (unpaired) electrons. The number of hydrogen-bond acceptors (Lipinski definition) is 1. The fourth-order valence-corrected chi connectivity index (χ4v) is 1.53. The van der Waals surface area contributed by atoms with Gasteiger partial charge in [-0.1, -0.05) is 6.92 Å². The standard InChI is InChI=1S/C11H17BrN2O/c1-5-11(2,3)14(4)10(15)9-6-8(12)7-13-9/h6-7,13H,5H2,1-4H3. The van der Waals surface area contributed by atoms with Crippen LogP contribution in [0.15, 0.2) is 16.7 Å². The number of H-pyrrole nitrogens is 1. The van der Waals surface area contributed by atoms with Crippen LogP contribution in [0.3, 0.4) is 0 Å². The molecule has 1 aromatic heterocycles. The third-order valence-corrected chi connectivity index (χ3v) is 3.41. The smallest absolute Gasteiger partial charge is 0.270 e.